The topological polar surface area (TPSA) is 15.3 Å². The second-order valence-corrected chi connectivity index (χ2v) is 4.06. The summed E-state index contributed by atoms with van der Waals surface area (Å²) < 4.78 is 0. The van der Waals surface area contributed by atoms with Gasteiger partial charge in [-0.1, -0.05) is 0 Å². The summed E-state index contributed by atoms with van der Waals surface area (Å²) in [7, 11) is 0. The molecule has 1 aliphatic carbocycles. The first-order valence-corrected chi connectivity index (χ1v) is 4.80. The molecule has 0 aromatic heterocycles. The smallest absolute Gasteiger partial charge is 0.0167 e. The Balaban J connectivity index is 0.000000720. The van der Waals surface area contributed by atoms with Gasteiger partial charge in [-0.2, -0.15) is 0 Å². The Morgan fingerprint density at radius 3 is 2.54 bits per heavy atom. The first-order chi connectivity index (χ1) is 5.34. The first kappa shape index (κ1) is 13.5. The molecule has 0 aromatic carbocycles. The summed E-state index contributed by atoms with van der Waals surface area (Å²) in [6.07, 6.45) is 2.97. The molecule has 1 heterocycles. The molecule has 2 fully saturated rings. The zero-order valence-electron chi connectivity index (χ0n) is 8.16. The van der Waals surface area contributed by atoms with Crippen LogP contribution in [-0.2, 0) is 0 Å². The molecule has 0 amide bonds. The lowest BCUT2D eigenvalue weighted by Crippen LogP contribution is -2.49. The van der Waals surface area contributed by atoms with E-state index in [1.54, 1.807) is 0 Å². The molecule has 80 valence electrons. The van der Waals surface area contributed by atoms with E-state index in [-0.39, 0.29) is 24.8 Å². The SMILES string of the molecule is CC1CN(CC2CC2)CCN1.Cl.Cl. The van der Waals surface area contributed by atoms with Gasteiger partial charge in [0.2, 0.25) is 0 Å². The standard InChI is InChI=1S/C9H18N2.2ClH/c1-8-6-11(5-4-10-8)7-9-2-3-9;;/h8-10H,2-7H2,1H3;2*1H. The van der Waals surface area contributed by atoms with Gasteiger partial charge in [0.25, 0.3) is 0 Å². The van der Waals surface area contributed by atoms with E-state index >= 15 is 0 Å². The van der Waals surface area contributed by atoms with Gasteiger partial charge in [-0.05, 0) is 25.7 Å². The van der Waals surface area contributed by atoms with Crippen LogP contribution in [0.15, 0.2) is 0 Å². The van der Waals surface area contributed by atoms with Crippen LogP contribution in [0, 0.1) is 5.92 Å². The highest BCUT2D eigenvalue weighted by Gasteiger charge is 2.25. The van der Waals surface area contributed by atoms with Crippen LogP contribution in [0.2, 0.25) is 0 Å². The number of hydrogen-bond acceptors (Lipinski definition) is 2. The lowest BCUT2D eigenvalue weighted by Gasteiger charge is -2.31. The molecule has 1 aliphatic heterocycles. The van der Waals surface area contributed by atoms with Gasteiger partial charge in [-0.25, -0.2) is 0 Å². The summed E-state index contributed by atoms with van der Waals surface area (Å²) in [5, 5.41) is 3.46. The van der Waals surface area contributed by atoms with Gasteiger partial charge in [-0.3, -0.25) is 0 Å². The van der Waals surface area contributed by atoms with Crippen LogP contribution in [-0.4, -0.2) is 37.1 Å². The average molecular weight is 227 g/mol. The van der Waals surface area contributed by atoms with Crippen molar-refractivity contribution in [3.05, 3.63) is 0 Å². The number of halogens is 2. The second kappa shape index (κ2) is 6.07. The molecule has 13 heavy (non-hydrogen) atoms. The molecule has 0 spiro atoms. The van der Waals surface area contributed by atoms with Crippen LogP contribution in [0.25, 0.3) is 0 Å². The summed E-state index contributed by atoms with van der Waals surface area (Å²) in [6, 6.07) is 0.711. The molecule has 1 N–H and O–H groups in total. The highest BCUT2D eigenvalue weighted by atomic mass is 35.5. The number of nitrogens with one attached hydrogen (secondary N) is 1. The van der Waals surface area contributed by atoms with Gasteiger partial charge in [0.1, 0.15) is 0 Å². The van der Waals surface area contributed by atoms with Gasteiger partial charge in [0.15, 0.2) is 0 Å². The second-order valence-electron chi connectivity index (χ2n) is 4.06. The van der Waals surface area contributed by atoms with Crippen molar-refractivity contribution < 1.29 is 0 Å². The van der Waals surface area contributed by atoms with E-state index in [2.05, 4.69) is 17.1 Å². The monoisotopic (exact) mass is 226 g/mol. The molecule has 0 radical (unpaired) electrons. The van der Waals surface area contributed by atoms with Crippen molar-refractivity contribution in [2.45, 2.75) is 25.8 Å². The minimum absolute atomic E-state index is 0. The maximum Gasteiger partial charge on any atom is 0.0167 e. The van der Waals surface area contributed by atoms with E-state index in [0.29, 0.717) is 6.04 Å². The molecule has 2 aliphatic rings. The molecular formula is C9H20Cl2N2. The highest BCUT2D eigenvalue weighted by molar-refractivity contribution is 5.85. The Morgan fingerprint density at radius 2 is 2.00 bits per heavy atom. The lowest BCUT2D eigenvalue weighted by molar-refractivity contribution is 0.200. The molecule has 0 aromatic rings. The van der Waals surface area contributed by atoms with Gasteiger partial charge in [0, 0.05) is 32.2 Å². The van der Waals surface area contributed by atoms with Crippen molar-refractivity contribution in [1.82, 2.24) is 10.2 Å². The van der Waals surface area contributed by atoms with Gasteiger partial charge in [-0.15, -0.1) is 24.8 Å². The molecule has 1 atom stereocenters. The highest BCUT2D eigenvalue weighted by Crippen LogP contribution is 2.29. The maximum atomic E-state index is 3.46. The van der Waals surface area contributed by atoms with Crippen LogP contribution < -0.4 is 5.32 Å². The van der Waals surface area contributed by atoms with Crippen LogP contribution in [0.5, 0.6) is 0 Å². The number of rotatable bonds is 2. The normalized spacial score (nSPS) is 28.8. The molecule has 1 saturated carbocycles. The zero-order valence-corrected chi connectivity index (χ0v) is 9.79. The van der Waals surface area contributed by atoms with Crippen molar-refractivity contribution in [2.75, 3.05) is 26.2 Å². The quantitative estimate of drug-likeness (QED) is 0.769. The minimum Gasteiger partial charge on any atom is -0.312 e. The van der Waals surface area contributed by atoms with Crippen molar-refractivity contribution >= 4 is 24.8 Å². The number of hydrogen-bond donors (Lipinski definition) is 1. The Kier molecular flexibility index (Phi) is 6.31. The fraction of sp³-hybridized carbons (Fsp3) is 1.00. The predicted molar refractivity (Wildman–Crippen MR) is 61.1 cm³/mol. The maximum absolute atomic E-state index is 3.46. The van der Waals surface area contributed by atoms with E-state index in [9.17, 15) is 0 Å². The molecule has 2 rings (SSSR count). The third-order valence-electron chi connectivity index (χ3n) is 2.67. The minimum atomic E-state index is 0. The van der Waals surface area contributed by atoms with Crippen molar-refractivity contribution in [1.29, 1.82) is 0 Å². The Morgan fingerprint density at radius 1 is 1.31 bits per heavy atom. The molecule has 1 saturated heterocycles. The van der Waals surface area contributed by atoms with Crippen LogP contribution >= 0.6 is 24.8 Å². The van der Waals surface area contributed by atoms with Gasteiger partial charge >= 0.3 is 0 Å². The first-order valence-electron chi connectivity index (χ1n) is 4.80. The number of piperazine rings is 1. The van der Waals surface area contributed by atoms with E-state index in [4.69, 9.17) is 0 Å². The van der Waals surface area contributed by atoms with Gasteiger partial charge in [0.05, 0.1) is 0 Å². The summed E-state index contributed by atoms with van der Waals surface area (Å²) in [5.41, 5.74) is 0. The summed E-state index contributed by atoms with van der Waals surface area (Å²) in [4.78, 5) is 2.61. The van der Waals surface area contributed by atoms with Crippen LogP contribution in [0.3, 0.4) is 0 Å². The van der Waals surface area contributed by atoms with Crippen molar-refractivity contribution in [3.63, 3.8) is 0 Å². The Hall–Kier alpha value is 0.500. The van der Waals surface area contributed by atoms with Crippen molar-refractivity contribution in [2.24, 2.45) is 5.92 Å². The number of nitrogens with zero attached hydrogens (tertiary/aromatic N) is 1. The summed E-state index contributed by atoms with van der Waals surface area (Å²) in [5.74, 6) is 1.06. The fourth-order valence-electron chi connectivity index (χ4n) is 1.84. The molecular weight excluding hydrogens is 207 g/mol. The molecule has 0 bridgehead atoms. The summed E-state index contributed by atoms with van der Waals surface area (Å²) >= 11 is 0. The average Bonchev–Trinajstić information content (AvgIpc) is 2.71. The van der Waals surface area contributed by atoms with Crippen molar-refractivity contribution in [3.8, 4) is 0 Å². The molecule has 4 heteroatoms. The van der Waals surface area contributed by atoms with E-state index < -0.39 is 0 Å². The Bertz CT molecular complexity index is 138. The molecule has 1 unspecified atom stereocenters. The summed E-state index contributed by atoms with van der Waals surface area (Å²) in [6.45, 7) is 7.36. The van der Waals surface area contributed by atoms with E-state index in [1.165, 1.54) is 39.0 Å². The largest absolute Gasteiger partial charge is 0.312 e. The zero-order chi connectivity index (χ0) is 7.68. The third kappa shape index (κ3) is 4.50. The third-order valence-corrected chi connectivity index (χ3v) is 2.67. The van der Waals surface area contributed by atoms with Crippen LogP contribution in [0.4, 0.5) is 0 Å². The molecule has 2 nitrogen and oxygen atoms in total. The van der Waals surface area contributed by atoms with E-state index in [0.717, 1.165) is 5.92 Å². The predicted octanol–water partition coefficient (Wildman–Crippen LogP) is 1.53. The van der Waals surface area contributed by atoms with Crippen LogP contribution in [0.1, 0.15) is 19.8 Å². The van der Waals surface area contributed by atoms with Gasteiger partial charge < -0.3 is 10.2 Å². The fourth-order valence-corrected chi connectivity index (χ4v) is 1.84. The Labute approximate surface area is 93.3 Å². The van der Waals surface area contributed by atoms with E-state index in [1.807, 2.05) is 0 Å². The lowest BCUT2D eigenvalue weighted by atomic mass is 10.2.